The minimum Gasteiger partial charge on any atom is -0.460 e. The lowest BCUT2D eigenvalue weighted by molar-refractivity contribution is -0.159. The molecule has 0 radical (unpaired) electrons. The van der Waals surface area contributed by atoms with Crippen molar-refractivity contribution in [1.82, 2.24) is 10.2 Å². The minimum atomic E-state index is -1.46. The Morgan fingerprint density at radius 3 is 2.43 bits per heavy atom. The Hall–Kier alpha value is -3.22. The molecule has 0 aliphatic carbocycles. The molecule has 11 nitrogen and oxygen atoms in total. The second-order valence-corrected chi connectivity index (χ2v) is 13.8. The van der Waals surface area contributed by atoms with E-state index in [4.69, 9.17) is 9.47 Å². The molecule has 8 atom stereocenters. The zero-order chi connectivity index (χ0) is 34.0. The summed E-state index contributed by atoms with van der Waals surface area (Å²) < 4.78 is 13.0. The molecular formula is C35H47BrN4O7. The van der Waals surface area contributed by atoms with Gasteiger partial charge in [-0.3, -0.25) is 19.2 Å². The first-order valence-electron chi connectivity index (χ1n) is 16.8. The van der Waals surface area contributed by atoms with Gasteiger partial charge in [-0.1, -0.05) is 48.4 Å². The SMILES string of the molecule is CC[C@H](C)[C@H](CO)N1C(=O)[C@@H]2[C@H]3C(=O)O[C@@H](C)CNC(=O)CC/C=C\CN(c4ccc(N(CC)CC)cc4)C(=O)[C@@H]1[C@]21C=C(Br)[C@H]3O1. The van der Waals surface area contributed by atoms with E-state index in [0.717, 1.165) is 18.8 Å². The molecule has 0 aromatic heterocycles. The lowest BCUT2D eigenvalue weighted by Crippen LogP contribution is -2.59. The fourth-order valence-corrected chi connectivity index (χ4v) is 8.19. The normalized spacial score (nSPS) is 31.6. The summed E-state index contributed by atoms with van der Waals surface area (Å²) in [5, 5.41) is 13.5. The lowest BCUT2D eigenvalue weighted by Gasteiger charge is -2.40. The van der Waals surface area contributed by atoms with Crippen molar-refractivity contribution in [2.75, 3.05) is 42.6 Å². The first-order chi connectivity index (χ1) is 22.5. The maximum absolute atomic E-state index is 15.1. The van der Waals surface area contributed by atoms with E-state index in [-0.39, 0.29) is 43.8 Å². The second-order valence-electron chi connectivity index (χ2n) is 12.9. The number of likely N-dealkylation sites (tertiary alicyclic amines) is 1. The van der Waals surface area contributed by atoms with Gasteiger partial charge in [-0.2, -0.15) is 0 Å². The maximum atomic E-state index is 15.1. The number of anilines is 2. The molecule has 4 aliphatic rings. The molecule has 1 spiro atoms. The summed E-state index contributed by atoms with van der Waals surface area (Å²) >= 11 is 3.58. The number of nitrogens with one attached hydrogen (secondary N) is 1. The molecule has 4 heterocycles. The smallest absolute Gasteiger partial charge is 0.313 e. The number of carbonyl (C=O) groups excluding carboxylic acids is 4. The second kappa shape index (κ2) is 14.5. The molecule has 0 saturated carbocycles. The van der Waals surface area contributed by atoms with Crippen molar-refractivity contribution in [2.24, 2.45) is 17.8 Å². The predicted octanol–water partition coefficient (Wildman–Crippen LogP) is 3.54. The van der Waals surface area contributed by atoms with Gasteiger partial charge in [0.25, 0.3) is 5.91 Å². The van der Waals surface area contributed by atoms with Crippen molar-refractivity contribution < 1.29 is 33.8 Å². The summed E-state index contributed by atoms with van der Waals surface area (Å²) in [5.74, 6) is -3.81. The number of hydrogen-bond donors (Lipinski definition) is 2. The number of aliphatic hydroxyl groups is 1. The third kappa shape index (κ3) is 6.36. The number of halogens is 1. The molecule has 47 heavy (non-hydrogen) atoms. The average molecular weight is 716 g/mol. The zero-order valence-electron chi connectivity index (χ0n) is 27.9. The van der Waals surface area contributed by atoms with E-state index in [1.807, 2.05) is 50.3 Å². The van der Waals surface area contributed by atoms with Crippen LogP contribution in [0.3, 0.4) is 0 Å². The Morgan fingerprint density at radius 1 is 1.09 bits per heavy atom. The Bertz CT molecular complexity index is 1410. The number of hydrogen-bond acceptors (Lipinski definition) is 8. The van der Waals surface area contributed by atoms with Crippen molar-refractivity contribution in [3.8, 4) is 0 Å². The molecule has 1 aromatic rings. The van der Waals surface area contributed by atoms with Gasteiger partial charge in [0.2, 0.25) is 11.8 Å². The molecule has 5 bridgehead atoms. The fourth-order valence-electron chi connectivity index (χ4n) is 7.46. The van der Waals surface area contributed by atoms with Crippen LogP contribution in [0.5, 0.6) is 0 Å². The number of benzene rings is 1. The molecular weight excluding hydrogens is 668 g/mol. The van der Waals surface area contributed by atoms with Gasteiger partial charge in [-0.15, -0.1) is 0 Å². The molecule has 12 heteroatoms. The summed E-state index contributed by atoms with van der Waals surface area (Å²) in [6, 6.07) is 5.89. The van der Waals surface area contributed by atoms with E-state index in [0.29, 0.717) is 23.0 Å². The number of amides is 3. The first kappa shape index (κ1) is 35.1. The van der Waals surface area contributed by atoms with Crippen molar-refractivity contribution in [3.63, 3.8) is 0 Å². The molecule has 256 valence electrons. The molecule has 5 rings (SSSR count). The average Bonchev–Trinajstić information content (AvgIpc) is 3.65. The predicted molar refractivity (Wildman–Crippen MR) is 182 cm³/mol. The number of cyclic esters (lactones) is 1. The van der Waals surface area contributed by atoms with Gasteiger partial charge >= 0.3 is 5.97 Å². The van der Waals surface area contributed by atoms with Crippen LogP contribution in [-0.2, 0) is 28.7 Å². The Kier molecular flexibility index (Phi) is 10.8. The van der Waals surface area contributed by atoms with Gasteiger partial charge in [-0.05, 0) is 63.5 Å². The fraction of sp³-hybridized carbons (Fsp3) is 0.600. The maximum Gasteiger partial charge on any atom is 0.313 e. The number of nitrogens with zero attached hydrogens (tertiary/aromatic N) is 3. The molecule has 2 fully saturated rings. The molecule has 4 aliphatic heterocycles. The van der Waals surface area contributed by atoms with Crippen LogP contribution in [0.1, 0.15) is 53.9 Å². The van der Waals surface area contributed by atoms with Gasteiger partial charge in [0.1, 0.15) is 29.8 Å². The van der Waals surface area contributed by atoms with Gasteiger partial charge in [0.05, 0.1) is 25.1 Å². The number of allylic oxidation sites excluding steroid dienone is 1. The van der Waals surface area contributed by atoms with Crippen molar-refractivity contribution in [2.45, 2.75) is 83.8 Å². The summed E-state index contributed by atoms with van der Waals surface area (Å²) in [6.07, 6.45) is 5.37. The van der Waals surface area contributed by atoms with Crippen LogP contribution in [0, 0.1) is 17.8 Å². The van der Waals surface area contributed by atoms with Gasteiger partial charge in [0.15, 0.2) is 0 Å². The van der Waals surface area contributed by atoms with E-state index >= 15 is 4.79 Å². The van der Waals surface area contributed by atoms with E-state index in [9.17, 15) is 19.5 Å². The number of ether oxygens (including phenoxy) is 2. The highest BCUT2D eigenvalue weighted by molar-refractivity contribution is 9.11. The largest absolute Gasteiger partial charge is 0.460 e. The van der Waals surface area contributed by atoms with Crippen molar-refractivity contribution in [3.05, 3.63) is 47.0 Å². The molecule has 3 amide bonds. The summed E-state index contributed by atoms with van der Waals surface area (Å²) in [7, 11) is 0. The zero-order valence-corrected chi connectivity index (χ0v) is 29.4. The van der Waals surface area contributed by atoms with E-state index in [1.165, 1.54) is 4.90 Å². The monoisotopic (exact) mass is 714 g/mol. The summed E-state index contributed by atoms with van der Waals surface area (Å²) in [5.41, 5.74) is 0.186. The minimum absolute atomic E-state index is 0.123. The van der Waals surface area contributed by atoms with E-state index in [2.05, 4.69) is 40.0 Å². The van der Waals surface area contributed by atoms with E-state index in [1.54, 1.807) is 17.9 Å². The van der Waals surface area contributed by atoms with Crippen LogP contribution in [-0.4, -0.2) is 96.4 Å². The number of fused-ring (bicyclic) bond motifs is 2. The van der Waals surface area contributed by atoms with Gasteiger partial charge in [-0.25, -0.2) is 0 Å². The third-order valence-electron chi connectivity index (χ3n) is 10.2. The summed E-state index contributed by atoms with van der Waals surface area (Å²) in [6.45, 7) is 11.4. The van der Waals surface area contributed by atoms with E-state index < -0.39 is 53.6 Å². The highest BCUT2D eigenvalue weighted by atomic mass is 79.9. The molecule has 0 unspecified atom stereocenters. The van der Waals surface area contributed by atoms with Crippen molar-refractivity contribution in [1.29, 1.82) is 0 Å². The summed E-state index contributed by atoms with van der Waals surface area (Å²) in [4.78, 5) is 61.4. The highest BCUT2D eigenvalue weighted by Crippen LogP contribution is 2.59. The van der Waals surface area contributed by atoms with Crippen LogP contribution in [0.25, 0.3) is 0 Å². The Balaban J connectivity index is 1.65. The van der Waals surface area contributed by atoms with Crippen LogP contribution in [0.2, 0.25) is 0 Å². The van der Waals surface area contributed by atoms with Crippen LogP contribution < -0.4 is 15.1 Å². The molecule has 2 N–H and O–H groups in total. The van der Waals surface area contributed by atoms with Crippen LogP contribution in [0.15, 0.2) is 47.0 Å². The van der Waals surface area contributed by atoms with Crippen LogP contribution >= 0.6 is 15.9 Å². The topological polar surface area (TPSA) is 129 Å². The number of carbonyl (C=O) groups is 4. The molecule has 1 aromatic carbocycles. The first-order valence-corrected chi connectivity index (χ1v) is 17.6. The van der Waals surface area contributed by atoms with Gasteiger partial charge in [0, 0.05) is 41.9 Å². The molecule has 2 saturated heterocycles. The Labute approximate surface area is 285 Å². The standard InChI is InChI=1S/C35H47BrN4O7/c1-6-21(4)26(20-41)40-31-33(44)39(24-15-13-23(14-16-24)38(7-2)8-3)17-11-9-10-12-27(42)37-19-22(5)46-34(45)28-29(32(40)43)35(31)18-25(36)30(28)47-35/h9,11,13-16,18,21-22,26,28-31,41H,6-8,10,12,17,19-20H2,1-5H3,(H,37,42)/b11-9-/t21-,22-,26-,28+,29-,30+,31+,35-/m0/s1. The quantitative estimate of drug-likeness (QED) is 0.309. The number of esters is 1. The van der Waals surface area contributed by atoms with Crippen molar-refractivity contribution >= 4 is 51.0 Å². The number of aliphatic hydroxyl groups excluding tert-OH is 1. The number of rotatable bonds is 8. The Morgan fingerprint density at radius 2 is 1.79 bits per heavy atom. The lowest BCUT2D eigenvalue weighted by atomic mass is 9.74. The van der Waals surface area contributed by atoms with Crippen LogP contribution in [0.4, 0.5) is 11.4 Å². The highest BCUT2D eigenvalue weighted by Gasteiger charge is 2.75. The third-order valence-corrected chi connectivity index (χ3v) is 10.8. The van der Waals surface area contributed by atoms with Gasteiger partial charge < -0.3 is 34.6 Å².